The second kappa shape index (κ2) is 4.95. The van der Waals surface area contributed by atoms with Crippen LogP contribution in [-0.2, 0) is 5.60 Å². The number of hydrogen-bond acceptors (Lipinski definition) is 7. The van der Waals surface area contributed by atoms with Crippen molar-refractivity contribution < 1.29 is 35.1 Å². The Morgan fingerprint density at radius 2 is 1.63 bits per heavy atom. The summed E-state index contributed by atoms with van der Waals surface area (Å²) >= 11 is 0. The zero-order valence-corrected chi connectivity index (χ0v) is 14.0. The molecule has 3 aliphatic rings. The van der Waals surface area contributed by atoms with Gasteiger partial charge < -0.3 is 25.5 Å². The van der Waals surface area contributed by atoms with Crippen LogP contribution in [0.2, 0.25) is 0 Å². The number of Topliss-reactive ketones (excluding diaryl/α,β-unsaturated/α-hetero) is 2. The fourth-order valence-electron chi connectivity index (χ4n) is 4.95. The Hall–Kier alpha value is -2.74. The highest BCUT2D eigenvalue weighted by Crippen LogP contribution is 2.57. The van der Waals surface area contributed by atoms with E-state index in [-0.39, 0.29) is 52.4 Å². The molecule has 7 heteroatoms. The molecular formula is C20H16O7. The summed E-state index contributed by atoms with van der Waals surface area (Å²) < 4.78 is 0. The first-order valence-corrected chi connectivity index (χ1v) is 8.66. The highest BCUT2D eigenvalue weighted by molar-refractivity contribution is 6.07. The molecule has 0 radical (unpaired) electrons. The summed E-state index contributed by atoms with van der Waals surface area (Å²) in [6.07, 6.45) is -3.22. The van der Waals surface area contributed by atoms with Crippen LogP contribution in [0.3, 0.4) is 0 Å². The SMILES string of the molecule is O=C1CC[C@@]2(O)c3ccc(O)c4c3[C@@H](c3ccc(O)c1c32)[C@@H](O)[C@H](O)C4=O. The van der Waals surface area contributed by atoms with Crippen LogP contribution >= 0.6 is 0 Å². The summed E-state index contributed by atoms with van der Waals surface area (Å²) in [6.45, 7) is 0. The molecule has 27 heavy (non-hydrogen) atoms. The van der Waals surface area contributed by atoms with Crippen LogP contribution in [0.4, 0.5) is 0 Å². The van der Waals surface area contributed by atoms with Gasteiger partial charge >= 0.3 is 0 Å². The van der Waals surface area contributed by atoms with Crippen molar-refractivity contribution in [3.8, 4) is 11.5 Å². The molecule has 7 nitrogen and oxygen atoms in total. The molecule has 0 bridgehead atoms. The van der Waals surface area contributed by atoms with Gasteiger partial charge in [0.05, 0.1) is 17.2 Å². The smallest absolute Gasteiger partial charge is 0.197 e. The second-order valence-corrected chi connectivity index (χ2v) is 7.41. The van der Waals surface area contributed by atoms with Crippen LogP contribution in [0.15, 0.2) is 24.3 Å². The van der Waals surface area contributed by atoms with Crippen molar-refractivity contribution in [3.05, 3.63) is 57.6 Å². The maximum atomic E-state index is 12.5. The van der Waals surface area contributed by atoms with Gasteiger partial charge in [0.2, 0.25) is 0 Å². The molecule has 0 spiro atoms. The topological polar surface area (TPSA) is 135 Å². The first-order chi connectivity index (χ1) is 12.8. The molecule has 2 aromatic carbocycles. The van der Waals surface area contributed by atoms with E-state index in [1.54, 1.807) is 0 Å². The zero-order valence-electron chi connectivity index (χ0n) is 14.0. The molecular weight excluding hydrogens is 352 g/mol. The molecule has 0 heterocycles. The number of aliphatic hydroxyl groups excluding tert-OH is 2. The number of aromatic hydroxyl groups is 2. The van der Waals surface area contributed by atoms with Crippen molar-refractivity contribution in [1.82, 2.24) is 0 Å². The number of carbonyl (C=O) groups excluding carboxylic acids is 2. The summed E-state index contributed by atoms with van der Waals surface area (Å²) in [5.41, 5.74) is -0.648. The zero-order chi connectivity index (χ0) is 19.2. The number of rotatable bonds is 0. The largest absolute Gasteiger partial charge is 0.507 e. The van der Waals surface area contributed by atoms with Crippen molar-refractivity contribution >= 4 is 11.6 Å². The lowest BCUT2D eigenvalue weighted by molar-refractivity contribution is 0.00237. The number of hydrogen-bond donors (Lipinski definition) is 5. The van der Waals surface area contributed by atoms with Gasteiger partial charge in [-0.25, -0.2) is 0 Å². The normalized spacial score (nSPS) is 30.7. The van der Waals surface area contributed by atoms with E-state index in [2.05, 4.69) is 0 Å². The van der Waals surface area contributed by atoms with E-state index in [1.807, 2.05) is 0 Å². The molecule has 0 unspecified atom stereocenters. The van der Waals surface area contributed by atoms with Gasteiger partial charge in [0.25, 0.3) is 0 Å². The van der Waals surface area contributed by atoms with Gasteiger partial charge in [-0.2, -0.15) is 0 Å². The van der Waals surface area contributed by atoms with Crippen molar-refractivity contribution in [1.29, 1.82) is 0 Å². The molecule has 0 aromatic heterocycles. The minimum atomic E-state index is -1.75. The summed E-state index contributed by atoms with van der Waals surface area (Å²) in [7, 11) is 0. The predicted molar refractivity (Wildman–Crippen MR) is 91.0 cm³/mol. The Morgan fingerprint density at radius 1 is 0.963 bits per heavy atom. The maximum absolute atomic E-state index is 12.5. The van der Waals surface area contributed by atoms with E-state index in [9.17, 15) is 35.1 Å². The molecule has 3 aliphatic carbocycles. The molecule has 0 aliphatic heterocycles. The molecule has 5 N–H and O–H groups in total. The molecule has 0 saturated carbocycles. The van der Waals surface area contributed by atoms with Crippen LogP contribution in [0.25, 0.3) is 0 Å². The third-order valence-corrected chi connectivity index (χ3v) is 6.12. The second-order valence-electron chi connectivity index (χ2n) is 7.41. The molecule has 0 amide bonds. The average Bonchev–Trinajstić information content (AvgIpc) is 2.63. The number of fused-ring (bicyclic) bond motifs is 2. The average molecular weight is 368 g/mol. The first-order valence-electron chi connectivity index (χ1n) is 8.66. The van der Waals surface area contributed by atoms with E-state index >= 15 is 0 Å². The summed E-state index contributed by atoms with van der Waals surface area (Å²) in [5.74, 6) is -2.66. The van der Waals surface area contributed by atoms with Crippen LogP contribution in [0, 0.1) is 0 Å². The minimum absolute atomic E-state index is 0.0000449. The lowest BCUT2D eigenvalue weighted by Crippen LogP contribution is -2.49. The van der Waals surface area contributed by atoms with E-state index in [0.29, 0.717) is 11.1 Å². The van der Waals surface area contributed by atoms with Crippen LogP contribution < -0.4 is 0 Å². The lowest BCUT2D eigenvalue weighted by Gasteiger charge is -2.47. The van der Waals surface area contributed by atoms with Gasteiger partial charge in [-0.1, -0.05) is 12.1 Å². The molecule has 5 rings (SSSR count). The number of phenols is 2. The van der Waals surface area contributed by atoms with Crippen LogP contribution in [-0.4, -0.2) is 49.3 Å². The Balaban J connectivity index is 1.96. The Morgan fingerprint density at radius 3 is 2.37 bits per heavy atom. The van der Waals surface area contributed by atoms with Gasteiger partial charge in [0, 0.05) is 17.9 Å². The highest BCUT2D eigenvalue weighted by atomic mass is 16.3. The number of carbonyl (C=O) groups is 2. The molecule has 0 fully saturated rings. The number of phenolic OH excluding ortho intramolecular Hbond substituents is 2. The van der Waals surface area contributed by atoms with Crippen molar-refractivity contribution in [3.63, 3.8) is 0 Å². The predicted octanol–water partition coefficient (Wildman–Crippen LogP) is 0.674. The fourth-order valence-corrected chi connectivity index (χ4v) is 4.95. The van der Waals surface area contributed by atoms with Gasteiger partial charge in [-0.3, -0.25) is 9.59 Å². The summed E-state index contributed by atoms with van der Waals surface area (Å²) in [5, 5.41) is 52.9. The molecule has 138 valence electrons. The van der Waals surface area contributed by atoms with Crippen LogP contribution in [0.1, 0.15) is 61.7 Å². The number of benzene rings is 2. The summed E-state index contributed by atoms with van der Waals surface area (Å²) in [4.78, 5) is 25.0. The van der Waals surface area contributed by atoms with Crippen LogP contribution in [0.5, 0.6) is 11.5 Å². The standard InChI is InChI=1S/C20H16O7/c21-9-3-1-7-12-13-8(20(27)6-5-11(23)14(9)16(7)20)2-4-10(22)15(13)18(25)19(26)17(12)24/h1-4,12,17,19,21-22,24,26-27H,5-6H2/t12-,17-,19+,20-/m1/s1. The lowest BCUT2D eigenvalue weighted by atomic mass is 9.59. The highest BCUT2D eigenvalue weighted by Gasteiger charge is 2.54. The monoisotopic (exact) mass is 368 g/mol. The third kappa shape index (κ3) is 1.76. The number of aliphatic hydroxyl groups is 3. The molecule has 4 atom stereocenters. The van der Waals surface area contributed by atoms with Gasteiger partial charge in [-0.05, 0) is 35.2 Å². The van der Waals surface area contributed by atoms with Gasteiger partial charge in [0.15, 0.2) is 11.6 Å². The van der Waals surface area contributed by atoms with Crippen molar-refractivity contribution in [2.45, 2.75) is 36.6 Å². The minimum Gasteiger partial charge on any atom is -0.507 e. The van der Waals surface area contributed by atoms with Gasteiger partial charge in [-0.15, -0.1) is 0 Å². The van der Waals surface area contributed by atoms with E-state index in [0.717, 1.165) is 0 Å². The van der Waals surface area contributed by atoms with E-state index < -0.39 is 29.5 Å². The Labute approximate surface area is 153 Å². The molecule has 2 aromatic rings. The maximum Gasteiger partial charge on any atom is 0.197 e. The van der Waals surface area contributed by atoms with Crippen molar-refractivity contribution in [2.24, 2.45) is 0 Å². The fraction of sp³-hybridized carbons (Fsp3) is 0.300. The van der Waals surface area contributed by atoms with E-state index in [1.165, 1.54) is 24.3 Å². The van der Waals surface area contributed by atoms with E-state index in [4.69, 9.17) is 0 Å². The molecule has 0 saturated heterocycles. The first kappa shape index (κ1) is 16.4. The van der Waals surface area contributed by atoms with Gasteiger partial charge in [0.1, 0.15) is 23.2 Å². The van der Waals surface area contributed by atoms with Crippen molar-refractivity contribution in [2.75, 3.05) is 0 Å². The number of ketones is 2. The quantitative estimate of drug-likeness (QED) is 0.461. The Bertz CT molecular complexity index is 1060. The Kier molecular flexibility index (Phi) is 3.01. The third-order valence-electron chi connectivity index (χ3n) is 6.12. The summed E-state index contributed by atoms with van der Waals surface area (Å²) in [6, 6.07) is 5.51.